The summed E-state index contributed by atoms with van der Waals surface area (Å²) in [4.78, 5) is 32.0. The first kappa shape index (κ1) is 25.1. The number of nitrogens with one attached hydrogen (secondary N) is 1. The fourth-order valence-electron chi connectivity index (χ4n) is 5.52. The minimum Gasteiger partial charge on any atom is -0.340 e. The second kappa shape index (κ2) is 10.1. The highest BCUT2D eigenvalue weighted by atomic mass is 16.2. The monoisotopic (exact) mass is 446 g/mol. The number of unbranched alkanes of at least 4 members (excludes halogenated alkanes) is 1. The van der Waals surface area contributed by atoms with Crippen LogP contribution in [0, 0.1) is 22.7 Å². The first-order valence-electron chi connectivity index (χ1n) is 12.8. The highest BCUT2D eigenvalue weighted by Gasteiger charge is 2.51. The van der Waals surface area contributed by atoms with Crippen LogP contribution >= 0.6 is 0 Å². The van der Waals surface area contributed by atoms with Gasteiger partial charge in [-0.05, 0) is 36.5 Å². The Kier molecular flexibility index (Phi) is 7.95. The molecule has 6 heteroatoms. The molecule has 182 valence electrons. The van der Waals surface area contributed by atoms with E-state index in [4.69, 9.17) is 0 Å². The summed E-state index contributed by atoms with van der Waals surface area (Å²) in [6.45, 7) is 19.3. The van der Waals surface area contributed by atoms with E-state index in [2.05, 4.69) is 37.1 Å². The number of hydrogen-bond acceptors (Lipinski definition) is 3. The number of urea groups is 1. The summed E-state index contributed by atoms with van der Waals surface area (Å²) >= 11 is 0. The maximum atomic E-state index is 13.0. The lowest BCUT2D eigenvalue weighted by atomic mass is 9.49. The summed E-state index contributed by atoms with van der Waals surface area (Å²) in [5.74, 6) is 1.68. The molecule has 32 heavy (non-hydrogen) atoms. The van der Waals surface area contributed by atoms with Gasteiger partial charge in [0.15, 0.2) is 0 Å². The van der Waals surface area contributed by atoms with Gasteiger partial charge in [0.1, 0.15) is 0 Å². The van der Waals surface area contributed by atoms with Crippen molar-refractivity contribution in [3.63, 3.8) is 0 Å². The molecule has 1 aliphatic heterocycles. The number of allylic oxidation sites excluding steroid dienone is 1. The van der Waals surface area contributed by atoms with Crippen molar-refractivity contribution in [2.24, 2.45) is 22.7 Å². The van der Waals surface area contributed by atoms with Gasteiger partial charge in [0.05, 0.1) is 0 Å². The van der Waals surface area contributed by atoms with Crippen LogP contribution in [0.3, 0.4) is 0 Å². The lowest BCUT2D eigenvalue weighted by molar-refractivity contribution is -0.141. The van der Waals surface area contributed by atoms with Crippen LogP contribution in [0.25, 0.3) is 0 Å². The van der Waals surface area contributed by atoms with E-state index >= 15 is 0 Å². The number of rotatable bonds is 8. The van der Waals surface area contributed by atoms with Crippen molar-refractivity contribution in [1.82, 2.24) is 20.0 Å². The molecule has 0 aromatic rings. The molecule has 1 saturated carbocycles. The summed E-state index contributed by atoms with van der Waals surface area (Å²) in [5, 5.41) is 3.14. The average Bonchev–Trinajstić information content (AvgIpc) is 2.75. The Morgan fingerprint density at radius 3 is 2.44 bits per heavy atom. The van der Waals surface area contributed by atoms with Crippen LogP contribution in [0.5, 0.6) is 0 Å². The zero-order valence-corrected chi connectivity index (χ0v) is 21.4. The molecule has 0 radical (unpaired) electrons. The standard InChI is InChI=1S/C26H46N4O2/c1-7-8-11-27-24(32)30(19-20-9-10-21-18-22(20)26(21,5)6)17-14-28-12-15-29(16-13-28)23(31)25(2,3)4/h9,21-22H,7-8,10-19H2,1-6H3,(H,27,32). The Hall–Kier alpha value is -1.56. The normalized spacial score (nSPS) is 25.1. The molecule has 1 saturated heterocycles. The molecule has 4 aliphatic rings. The Morgan fingerprint density at radius 2 is 1.88 bits per heavy atom. The highest BCUT2D eigenvalue weighted by Crippen LogP contribution is 2.59. The molecule has 2 bridgehead atoms. The van der Waals surface area contributed by atoms with Gasteiger partial charge >= 0.3 is 6.03 Å². The summed E-state index contributed by atoms with van der Waals surface area (Å²) in [7, 11) is 0. The minimum atomic E-state index is -0.322. The first-order valence-corrected chi connectivity index (χ1v) is 12.8. The molecular formula is C26H46N4O2. The molecule has 0 spiro atoms. The van der Waals surface area contributed by atoms with Crippen LogP contribution in [0.4, 0.5) is 4.79 Å². The topological polar surface area (TPSA) is 55.9 Å². The van der Waals surface area contributed by atoms with E-state index in [-0.39, 0.29) is 17.4 Å². The van der Waals surface area contributed by atoms with Crippen LogP contribution in [-0.4, -0.2) is 79.0 Å². The van der Waals surface area contributed by atoms with Crippen LogP contribution in [0.15, 0.2) is 11.6 Å². The van der Waals surface area contributed by atoms with Crippen LogP contribution in [-0.2, 0) is 4.79 Å². The van der Waals surface area contributed by atoms with E-state index in [1.165, 1.54) is 12.0 Å². The van der Waals surface area contributed by atoms with Crippen LogP contribution in [0.1, 0.15) is 67.2 Å². The lowest BCUT2D eigenvalue weighted by Gasteiger charge is -2.57. The molecule has 2 fully saturated rings. The molecule has 2 unspecified atom stereocenters. The molecule has 0 aromatic carbocycles. The number of carbonyl (C=O) groups excluding carboxylic acids is 2. The van der Waals surface area contributed by atoms with Crippen molar-refractivity contribution in [1.29, 1.82) is 0 Å². The number of fused-ring (bicyclic) bond motifs is 1. The van der Waals surface area contributed by atoms with Crippen molar-refractivity contribution < 1.29 is 9.59 Å². The van der Waals surface area contributed by atoms with Gasteiger partial charge in [-0.1, -0.05) is 59.6 Å². The van der Waals surface area contributed by atoms with E-state index in [0.29, 0.717) is 11.3 Å². The summed E-state index contributed by atoms with van der Waals surface area (Å²) < 4.78 is 0. The van der Waals surface area contributed by atoms with Crippen molar-refractivity contribution in [3.8, 4) is 0 Å². The number of hydrogen-bond donors (Lipinski definition) is 1. The minimum absolute atomic E-state index is 0.0696. The van der Waals surface area contributed by atoms with Gasteiger partial charge < -0.3 is 15.1 Å². The fraction of sp³-hybridized carbons (Fsp3) is 0.846. The third-order valence-corrected chi connectivity index (χ3v) is 8.04. The Balaban J connectivity index is 1.55. The zero-order valence-electron chi connectivity index (χ0n) is 21.4. The molecule has 3 amide bonds. The van der Waals surface area contributed by atoms with Crippen molar-refractivity contribution in [3.05, 3.63) is 11.6 Å². The van der Waals surface area contributed by atoms with Gasteiger partial charge in [-0.25, -0.2) is 4.79 Å². The predicted molar refractivity (Wildman–Crippen MR) is 130 cm³/mol. The van der Waals surface area contributed by atoms with E-state index in [0.717, 1.165) is 77.5 Å². The highest BCUT2D eigenvalue weighted by molar-refractivity contribution is 5.81. The quantitative estimate of drug-likeness (QED) is 0.453. The molecule has 6 nitrogen and oxygen atoms in total. The number of piperazine rings is 1. The van der Waals surface area contributed by atoms with E-state index < -0.39 is 0 Å². The van der Waals surface area contributed by atoms with Gasteiger partial charge in [-0.2, -0.15) is 0 Å². The molecule has 2 atom stereocenters. The van der Waals surface area contributed by atoms with Crippen LogP contribution in [0.2, 0.25) is 0 Å². The third kappa shape index (κ3) is 5.67. The number of carbonyl (C=O) groups is 2. The van der Waals surface area contributed by atoms with E-state index in [1.54, 1.807) is 0 Å². The maximum Gasteiger partial charge on any atom is 0.317 e. The Morgan fingerprint density at radius 1 is 1.19 bits per heavy atom. The van der Waals surface area contributed by atoms with Gasteiger partial charge in [-0.15, -0.1) is 0 Å². The van der Waals surface area contributed by atoms with Gasteiger partial charge in [0.25, 0.3) is 0 Å². The largest absolute Gasteiger partial charge is 0.340 e. The van der Waals surface area contributed by atoms with E-state index in [9.17, 15) is 9.59 Å². The summed E-state index contributed by atoms with van der Waals surface area (Å²) in [5.41, 5.74) is 1.52. The van der Waals surface area contributed by atoms with Crippen molar-refractivity contribution >= 4 is 11.9 Å². The molecule has 1 N–H and O–H groups in total. The average molecular weight is 447 g/mol. The third-order valence-electron chi connectivity index (χ3n) is 8.04. The SMILES string of the molecule is CCCCNC(=O)N(CCN1CCN(C(=O)C(C)(C)C)CC1)CC1=CCC2CC1C2(C)C. The number of amides is 3. The Labute approximate surface area is 195 Å². The zero-order chi connectivity index (χ0) is 23.5. The fourth-order valence-corrected chi connectivity index (χ4v) is 5.52. The molecule has 4 rings (SSSR count). The molecule has 1 heterocycles. The van der Waals surface area contributed by atoms with E-state index in [1.807, 2.05) is 30.6 Å². The second-order valence-corrected chi connectivity index (χ2v) is 11.7. The first-order chi connectivity index (χ1) is 15.0. The summed E-state index contributed by atoms with van der Waals surface area (Å²) in [6.07, 6.45) is 6.96. The van der Waals surface area contributed by atoms with Gasteiger partial charge in [-0.3, -0.25) is 9.69 Å². The summed E-state index contributed by atoms with van der Waals surface area (Å²) in [6, 6.07) is 0.0696. The Bertz CT molecular complexity index is 701. The predicted octanol–water partition coefficient (Wildman–Crippen LogP) is 3.98. The number of nitrogens with zero attached hydrogens (tertiary/aromatic N) is 3. The molecule has 0 aromatic heterocycles. The maximum absolute atomic E-state index is 13.0. The van der Waals surface area contributed by atoms with Gasteiger partial charge in [0.2, 0.25) is 5.91 Å². The van der Waals surface area contributed by atoms with Crippen LogP contribution < -0.4 is 5.32 Å². The molecular weight excluding hydrogens is 400 g/mol. The smallest absolute Gasteiger partial charge is 0.317 e. The lowest BCUT2D eigenvalue weighted by Crippen LogP contribution is -2.54. The van der Waals surface area contributed by atoms with Gasteiger partial charge in [0, 0.05) is 57.8 Å². The second-order valence-electron chi connectivity index (χ2n) is 11.7. The molecule has 3 aliphatic carbocycles. The van der Waals surface area contributed by atoms with Crippen molar-refractivity contribution in [2.75, 3.05) is 52.4 Å². The van der Waals surface area contributed by atoms with Crippen molar-refractivity contribution in [2.45, 2.75) is 67.2 Å².